The van der Waals surface area contributed by atoms with E-state index in [0.29, 0.717) is 6.42 Å². The Kier molecular flexibility index (Phi) is 3.14. The van der Waals surface area contributed by atoms with E-state index in [1.807, 2.05) is 0 Å². The first-order chi connectivity index (χ1) is 4.04. The summed E-state index contributed by atoms with van der Waals surface area (Å²) in [4.78, 5) is 0. The number of hydrogen-bond donors (Lipinski definition) is 1. The molecule has 0 fully saturated rings. The molecular weight excluding hydrogens is 140 g/mol. The van der Waals surface area contributed by atoms with Crippen LogP contribution in [0.5, 0.6) is 0 Å². The van der Waals surface area contributed by atoms with Gasteiger partial charge in [0.1, 0.15) is 5.94 Å². The first kappa shape index (κ1) is 8.91. The molecule has 0 aromatic heterocycles. The van der Waals surface area contributed by atoms with Gasteiger partial charge in [-0.05, 0) is 13.3 Å². The van der Waals surface area contributed by atoms with E-state index in [4.69, 9.17) is 5.11 Å². The summed E-state index contributed by atoms with van der Waals surface area (Å²) in [6, 6.07) is 0. The molecule has 0 rings (SSSR count). The third kappa shape index (κ3) is 2.32. The maximum absolute atomic E-state index is 10.7. The largest absolute Gasteiger partial charge is 0.380 e. The van der Waals surface area contributed by atoms with Crippen molar-refractivity contribution in [2.75, 3.05) is 5.94 Å². The molecule has 4 heteroatoms. The average molecular weight is 152 g/mol. The van der Waals surface area contributed by atoms with Crippen LogP contribution in [0.15, 0.2) is 0 Å². The molecule has 3 nitrogen and oxygen atoms in total. The minimum absolute atomic E-state index is 0.414. The molecule has 0 aliphatic heterocycles. The Morgan fingerprint density at radius 3 is 2.11 bits per heavy atom. The number of aliphatic hydroxyl groups is 1. The van der Waals surface area contributed by atoms with Crippen LogP contribution < -0.4 is 0 Å². The number of rotatable bonds is 3. The maximum Gasteiger partial charge on any atom is 0.176 e. The van der Waals surface area contributed by atoms with E-state index in [0.717, 1.165) is 0 Å². The highest BCUT2D eigenvalue weighted by Crippen LogP contribution is 2.03. The minimum Gasteiger partial charge on any atom is -0.380 e. The van der Waals surface area contributed by atoms with Gasteiger partial charge in [0.25, 0.3) is 0 Å². The van der Waals surface area contributed by atoms with Crippen LogP contribution in [-0.2, 0) is 9.84 Å². The second kappa shape index (κ2) is 3.17. The van der Waals surface area contributed by atoms with Gasteiger partial charge in [-0.1, -0.05) is 6.92 Å². The predicted octanol–water partition coefficient (Wildman–Crippen LogP) is 0.150. The maximum atomic E-state index is 10.7. The third-order valence-corrected chi connectivity index (χ3v) is 3.29. The van der Waals surface area contributed by atoms with Crippen molar-refractivity contribution < 1.29 is 13.5 Å². The van der Waals surface area contributed by atoms with Crippen LogP contribution in [0.1, 0.15) is 20.3 Å². The average Bonchev–Trinajstić information content (AvgIpc) is 1.86. The van der Waals surface area contributed by atoms with Gasteiger partial charge in [-0.15, -0.1) is 0 Å². The zero-order chi connectivity index (χ0) is 7.49. The highest BCUT2D eigenvalue weighted by atomic mass is 32.2. The molecular formula is C5H12O3S. The quantitative estimate of drug-likeness (QED) is 0.626. The Morgan fingerprint density at radius 2 is 2.00 bits per heavy atom. The highest BCUT2D eigenvalue weighted by Gasteiger charge is 2.16. The van der Waals surface area contributed by atoms with Gasteiger partial charge in [-0.25, -0.2) is 8.42 Å². The van der Waals surface area contributed by atoms with Gasteiger partial charge in [0.05, 0.1) is 5.25 Å². The normalized spacial score (nSPS) is 15.4. The molecule has 0 amide bonds. The molecule has 9 heavy (non-hydrogen) atoms. The van der Waals surface area contributed by atoms with E-state index >= 15 is 0 Å². The number of sulfone groups is 1. The summed E-state index contributed by atoms with van der Waals surface area (Å²) in [5, 5.41) is 7.89. The van der Waals surface area contributed by atoms with Crippen LogP contribution in [0.2, 0.25) is 0 Å². The first-order valence-electron chi connectivity index (χ1n) is 2.87. The van der Waals surface area contributed by atoms with E-state index in [-0.39, 0.29) is 0 Å². The Morgan fingerprint density at radius 1 is 1.56 bits per heavy atom. The second-order valence-corrected chi connectivity index (χ2v) is 4.40. The summed E-state index contributed by atoms with van der Waals surface area (Å²) in [6.45, 7) is 3.36. The second-order valence-electron chi connectivity index (χ2n) is 2.01. The molecule has 0 aliphatic carbocycles. The van der Waals surface area contributed by atoms with E-state index in [1.54, 1.807) is 13.8 Å². The Hall–Kier alpha value is -0.0900. The fourth-order valence-electron chi connectivity index (χ4n) is 0.381. The zero-order valence-electron chi connectivity index (χ0n) is 5.66. The monoisotopic (exact) mass is 152 g/mol. The van der Waals surface area contributed by atoms with Crippen LogP contribution in [0.4, 0.5) is 0 Å². The summed E-state index contributed by atoms with van der Waals surface area (Å²) in [5.41, 5.74) is 0. The van der Waals surface area contributed by atoms with E-state index in [1.165, 1.54) is 0 Å². The molecule has 1 unspecified atom stereocenters. The van der Waals surface area contributed by atoms with Crippen molar-refractivity contribution in [3.8, 4) is 0 Å². The molecule has 0 aliphatic rings. The van der Waals surface area contributed by atoms with Gasteiger partial charge >= 0.3 is 0 Å². The van der Waals surface area contributed by atoms with Gasteiger partial charge in [-0.2, -0.15) is 0 Å². The lowest BCUT2D eigenvalue weighted by Gasteiger charge is -2.05. The lowest BCUT2D eigenvalue weighted by atomic mass is 10.4. The minimum atomic E-state index is -3.19. The molecule has 0 radical (unpaired) electrons. The van der Waals surface area contributed by atoms with Crippen molar-refractivity contribution in [2.45, 2.75) is 25.5 Å². The SMILES string of the molecule is CCC(C)S(=O)(=O)CO. The van der Waals surface area contributed by atoms with Gasteiger partial charge < -0.3 is 5.11 Å². The van der Waals surface area contributed by atoms with Gasteiger partial charge in [0.2, 0.25) is 0 Å². The van der Waals surface area contributed by atoms with Crippen LogP contribution >= 0.6 is 0 Å². The zero-order valence-corrected chi connectivity index (χ0v) is 6.48. The summed E-state index contributed by atoms with van der Waals surface area (Å²) in [7, 11) is -3.19. The Labute approximate surface area is 55.6 Å². The Balaban J connectivity index is 4.17. The van der Waals surface area contributed by atoms with Crippen LogP contribution in [0.3, 0.4) is 0 Å². The van der Waals surface area contributed by atoms with Crippen molar-refractivity contribution in [3.05, 3.63) is 0 Å². The van der Waals surface area contributed by atoms with Crippen molar-refractivity contribution in [3.63, 3.8) is 0 Å². The van der Waals surface area contributed by atoms with Gasteiger partial charge in [0.15, 0.2) is 9.84 Å². The fourth-order valence-corrected chi connectivity index (χ4v) is 1.14. The van der Waals surface area contributed by atoms with Crippen molar-refractivity contribution in [1.82, 2.24) is 0 Å². The molecule has 0 saturated carbocycles. The smallest absolute Gasteiger partial charge is 0.176 e. The van der Waals surface area contributed by atoms with Crippen LogP contribution in [-0.4, -0.2) is 24.7 Å². The topological polar surface area (TPSA) is 54.4 Å². The lowest BCUT2D eigenvalue weighted by Crippen LogP contribution is -2.19. The summed E-state index contributed by atoms with van der Waals surface area (Å²) < 4.78 is 21.4. The number of aliphatic hydroxyl groups excluding tert-OH is 1. The van der Waals surface area contributed by atoms with E-state index in [2.05, 4.69) is 0 Å². The fraction of sp³-hybridized carbons (Fsp3) is 1.00. The molecule has 0 bridgehead atoms. The summed E-state index contributed by atoms with van der Waals surface area (Å²) >= 11 is 0. The first-order valence-corrected chi connectivity index (χ1v) is 4.58. The lowest BCUT2D eigenvalue weighted by molar-refractivity contribution is 0.356. The predicted molar refractivity (Wildman–Crippen MR) is 35.8 cm³/mol. The summed E-state index contributed by atoms with van der Waals surface area (Å²) in [6.07, 6.45) is 0.558. The summed E-state index contributed by atoms with van der Waals surface area (Å²) in [5.74, 6) is -0.734. The molecule has 1 atom stereocenters. The molecule has 0 aromatic carbocycles. The van der Waals surface area contributed by atoms with Gasteiger partial charge in [0, 0.05) is 0 Å². The standard InChI is InChI=1S/C5H12O3S/c1-3-5(2)9(7,8)4-6/h5-6H,3-4H2,1-2H3. The van der Waals surface area contributed by atoms with Crippen molar-refractivity contribution >= 4 is 9.84 Å². The third-order valence-electron chi connectivity index (χ3n) is 1.37. The molecule has 0 saturated heterocycles. The molecule has 0 heterocycles. The molecule has 56 valence electrons. The van der Waals surface area contributed by atoms with Crippen LogP contribution in [0.25, 0.3) is 0 Å². The van der Waals surface area contributed by atoms with E-state index in [9.17, 15) is 8.42 Å². The molecule has 1 N–H and O–H groups in total. The van der Waals surface area contributed by atoms with Crippen LogP contribution in [0, 0.1) is 0 Å². The Bertz CT molecular complexity index is 159. The highest BCUT2D eigenvalue weighted by molar-refractivity contribution is 7.91. The molecule has 0 spiro atoms. The van der Waals surface area contributed by atoms with Crippen molar-refractivity contribution in [1.29, 1.82) is 0 Å². The van der Waals surface area contributed by atoms with Gasteiger partial charge in [-0.3, -0.25) is 0 Å². The van der Waals surface area contributed by atoms with E-state index < -0.39 is 21.0 Å². The molecule has 0 aromatic rings. The number of hydrogen-bond acceptors (Lipinski definition) is 3. The van der Waals surface area contributed by atoms with Crippen molar-refractivity contribution in [2.24, 2.45) is 0 Å².